The molecule has 0 radical (unpaired) electrons. The number of likely N-dealkylation sites (tertiary alicyclic amines) is 1. The third-order valence-electron chi connectivity index (χ3n) is 6.83. The number of piperidine rings is 2. The van der Waals surface area contributed by atoms with Gasteiger partial charge in [0.1, 0.15) is 5.72 Å². The summed E-state index contributed by atoms with van der Waals surface area (Å²) in [6.45, 7) is 9.90. The van der Waals surface area contributed by atoms with Gasteiger partial charge in [-0.05, 0) is 69.1 Å². The van der Waals surface area contributed by atoms with Crippen LogP contribution in [0.5, 0.6) is 0 Å². The molecule has 1 unspecified atom stereocenters. The van der Waals surface area contributed by atoms with E-state index >= 15 is 0 Å². The Morgan fingerprint density at radius 1 is 0.966 bits per heavy atom. The molecule has 0 spiro atoms. The van der Waals surface area contributed by atoms with E-state index in [0.717, 1.165) is 26.1 Å². The summed E-state index contributed by atoms with van der Waals surface area (Å²) in [6, 6.07) is 19.4. The summed E-state index contributed by atoms with van der Waals surface area (Å²) < 4.78 is 6.55. The zero-order chi connectivity index (χ0) is 20.1. The highest BCUT2D eigenvalue weighted by atomic mass is 16.5. The van der Waals surface area contributed by atoms with Crippen LogP contribution in [0.15, 0.2) is 54.6 Å². The van der Waals surface area contributed by atoms with Gasteiger partial charge in [-0.1, -0.05) is 48.5 Å². The van der Waals surface area contributed by atoms with Gasteiger partial charge in [-0.2, -0.15) is 0 Å². The van der Waals surface area contributed by atoms with Crippen molar-refractivity contribution < 1.29 is 4.74 Å². The van der Waals surface area contributed by atoms with E-state index in [1.54, 1.807) is 0 Å². The molecule has 3 nitrogen and oxygen atoms in total. The number of hydrogen-bond acceptors (Lipinski definition) is 3. The maximum Gasteiger partial charge on any atom is 0.119 e. The van der Waals surface area contributed by atoms with Crippen LogP contribution in [0.3, 0.4) is 0 Å². The first kappa shape index (κ1) is 20.4. The summed E-state index contributed by atoms with van der Waals surface area (Å²) in [4.78, 5) is 5.25. The van der Waals surface area contributed by atoms with Gasteiger partial charge >= 0.3 is 0 Å². The van der Waals surface area contributed by atoms with E-state index in [1.807, 2.05) is 0 Å². The monoisotopic (exact) mass is 392 g/mol. The molecule has 2 atom stereocenters. The summed E-state index contributed by atoms with van der Waals surface area (Å²) in [5.41, 5.74) is 3.93. The van der Waals surface area contributed by atoms with Crippen LogP contribution >= 0.6 is 0 Å². The van der Waals surface area contributed by atoms with Crippen molar-refractivity contribution in [3.63, 3.8) is 0 Å². The number of ether oxygens (including phenoxy) is 1. The van der Waals surface area contributed by atoms with E-state index in [9.17, 15) is 0 Å². The van der Waals surface area contributed by atoms with Gasteiger partial charge in [0.25, 0.3) is 0 Å². The highest BCUT2D eigenvalue weighted by Gasteiger charge is 2.37. The lowest BCUT2D eigenvalue weighted by Gasteiger charge is -2.47. The third-order valence-corrected chi connectivity index (χ3v) is 6.83. The summed E-state index contributed by atoms with van der Waals surface area (Å²) in [5, 5.41) is 0. The largest absolute Gasteiger partial charge is 0.371 e. The Labute approximate surface area is 176 Å². The lowest BCUT2D eigenvalue weighted by molar-refractivity contribution is -0.175. The van der Waals surface area contributed by atoms with Gasteiger partial charge in [0.05, 0.1) is 6.61 Å². The molecular weight excluding hydrogens is 356 g/mol. The second-order valence-electron chi connectivity index (χ2n) is 9.09. The summed E-state index contributed by atoms with van der Waals surface area (Å²) in [5.74, 6) is 0.709. The SMILES string of the molecule is Cc1ccccc1N1CCC[C@@H](CN2CCCCC2(C)OCc2ccccc2)C1. The normalized spacial score (nSPS) is 25.9. The summed E-state index contributed by atoms with van der Waals surface area (Å²) in [6.07, 6.45) is 6.30. The van der Waals surface area contributed by atoms with Crippen LogP contribution in [0, 0.1) is 12.8 Å². The topological polar surface area (TPSA) is 15.7 Å². The first-order chi connectivity index (χ1) is 14.1. The maximum absolute atomic E-state index is 6.55. The average molecular weight is 393 g/mol. The Hall–Kier alpha value is -1.84. The first-order valence-corrected chi connectivity index (χ1v) is 11.4. The molecule has 2 aliphatic rings. The Kier molecular flexibility index (Phi) is 6.56. The quantitative estimate of drug-likeness (QED) is 0.633. The van der Waals surface area contributed by atoms with Gasteiger partial charge in [-0.25, -0.2) is 0 Å². The minimum atomic E-state index is -0.140. The van der Waals surface area contributed by atoms with E-state index in [2.05, 4.69) is 78.2 Å². The minimum absolute atomic E-state index is 0.140. The molecule has 2 heterocycles. The first-order valence-electron chi connectivity index (χ1n) is 11.4. The van der Waals surface area contributed by atoms with E-state index in [0.29, 0.717) is 12.5 Å². The molecule has 2 aromatic carbocycles. The number of hydrogen-bond donors (Lipinski definition) is 0. The second-order valence-corrected chi connectivity index (χ2v) is 9.09. The van der Waals surface area contributed by atoms with Gasteiger partial charge < -0.3 is 9.64 Å². The van der Waals surface area contributed by atoms with Crippen LogP contribution in [0.2, 0.25) is 0 Å². The van der Waals surface area contributed by atoms with Crippen LogP contribution in [-0.2, 0) is 11.3 Å². The fourth-order valence-corrected chi connectivity index (χ4v) is 5.07. The van der Waals surface area contributed by atoms with Crippen molar-refractivity contribution in [2.45, 2.75) is 58.3 Å². The number of rotatable bonds is 6. The van der Waals surface area contributed by atoms with Gasteiger partial charge in [0.15, 0.2) is 0 Å². The van der Waals surface area contributed by atoms with E-state index in [1.165, 1.54) is 49.0 Å². The van der Waals surface area contributed by atoms with Crippen molar-refractivity contribution >= 4 is 5.69 Å². The van der Waals surface area contributed by atoms with Crippen molar-refractivity contribution in [2.75, 3.05) is 31.1 Å². The van der Waals surface area contributed by atoms with Crippen molar-refractivity contribution in [3.05, 3.63) is 65.7 Å². The fraction of sp³-hybridized carbons (Fsp3) is 0.538. The zero-order valence-corrected chi connectivity index (χ0v) is 18.1. The predicted octanol–water partition coefficient (Wildman–Crippen LogP) is 5.63. The molecule has 29 heavy (non-hydrogen) atoms. The maximum atomic E-state index is 6.55. The molecule has 3 heteroatoms. The molecule has 0 aliphatic carbocycles. The van der Waals surface area contributed by atoms with E-state index in [4.69, 9.17) is 4.74 Å². The highest BCUT2D eigenvalue weighted by Crippen LogP contribution is 2.33. The molecule has 0 aromatic heterocycles. The molecule has 2 aliphatic heterocycles. The molecule has 2 fully saturated rings. The van der Waals surface area contributed by atoms with Crippen LogP contribution in [0.1, 0.15) is 50.2 Å². The fourth-order valence-electron chi connectivity index (χ4n) is 5.07. The highest BCUT2D eigenvalue weighted by molar-refractivity contribution is 5.53. The Morgan fingerprint density at radius 3 is 2.59 bits per heavy atom. The number of para-hydroxylation sites is 1. The van der Waals surface area contributed by atoms with Crippen LogP contribution in [0.4, 0.5) is 5.69 Å². The van der Waals surface area contributed by atoms with Crippen LogP contribution in [-0.4, -0.2) is 36.8 Å². The van der Waals surface area contributed by atoms with E-state index < -0.39 is 0 Å². The van der Waals surface area contributed by atoms with Crippen molar-refractivity contribution in [2.24, 2.45) is 5.92 Å². The lowest BCUT2D eigenvalue weighted by Crippen LogP contribution is -2.54. The minimum Gasteiger partial charge on any atom is -0.371 e. The van der Waals surface area contributed by atoms with Gasteiger partial charge in [-0.3, -0.25) is 4.90 Å². The molecule has 0 bridgehead atoms. The molecule has 0 amide bonds. The molecular formula is C26H36N2O. The molecule has 0 saturated carbocycles. The standard InChI is InChI=1S/C26H36N2O/c1-22-11-6-7-15-25(22)27-17-10-14-24(19-27)20-28-18-9-8-16-26(28,2)29-21-23-12-4-3-5-13-23/h3-7,11-13,15,24H,8-10,14,16-21H2,1-2H3/t24-,26?/m1/s1. The Bertz CT molecular complexity index is 777. The van der Waals surface area contributed by atoms with Gasteiger partial charge in [-0.15, -0.1) is 0 Å². The molecule has 2 aromatic rings. The second kappa shape index (κ2) is 9.32. The summed E-state index contributed by atoms with van der Waals surface area (Å²) in [7, 11) is 0. The molecule has 2 saturated heterocycles. The number of benzene rings is 2. The van der Waals surface area contributed by atoms with Gasteiger partial charge in [0.2, 0.25) is 0 Å². The Morgan fingerprint density at radius 2 is 1.76 bits per heavy atom. The lowest BCUT2D eigenvalue weighted by atomic mass is 9.92. The van der Waals surface area contributed by atoms with Crippen molar-refractivity contribution in [1.29, 1.82) is 0 Å². The average Bonchev–Trinajstić information content (AvgIpc) is 2.75. The molecule has 156 valence electrons. The number of nitrogens with zero attached hydrogens (tertiary/aromatic N) is 2. The van der Waals surface area contributed by atoms with Gasteiger partial charge in [0, 0.05) is 31.9 Å². The predicted molar refractivity (Wildman–Crippen MR) is 121 cm³/mol. The van der Waals surface area contributed by atoms with Crippen molar-refractivity contribution in [1.82, 2.24) is 4.90 Å². The summed E-state index contributed by atoms with van der Waals surface area (Å²) >= 11 is 0. The van der Waals surface area contributed by atoms with E-state index in [-0.39, 0.29) is 5.72 Å². The zero-order valence-electron chi connectivity index (χ0n) is 18.1. The number of anilines is 1. The third kappa shape index (κ3) is 5.02. The number of aryl methyl sites for hydroxylation is 1. The van der Waals surface area contributed by atoms with Crippen LogP contribution in [0.25, 0.3) is 0 Å². The Balaban J connectivity index is 1.40. The van der Waals surface area contributed by atoms with Crippen LogP contribution < -0.4 is 4.90 Å². The molecule has 4 rings (SSSR count). The smallest absolute Gasteiger partial charge is 0.119 e. The van der Waals surface area contributed by atoms with Crippen molar-refractivity contribution in [3.8, 4) is 0 Å². The molecule has 0 N–H and O–H groups in total.